The standard InChI is InChI=1S/C17H24ClFN2O3/c1-4-5-10-24-17(23)15(20-16(22)12(2)21(3)18)11-13-6-8-14(19)9-7-13/h6-9,12,15H,4-5,10-11H2,1-3H3,(H,20,22)/t12-,15?/m1/s1. The number of rotatable bonds is 9. The third kappa shape index (κ3) is 6.84. The smallest absolute Gasteiger partial charge is 0.328 e. The van der Waals surface area contributed by atoms with Crippen molar-refractivity contribution < 1.29 is 18.7 Å². The van der Waals surface area contributed by atoms with E-state index in [-0.39, 0.29) is 18.1 Å². The van der Waals surface area contributed by atoms with Gasteiger partial charge in [-0.1, -0.05) is 25.5 Å². The fourth-order valence-electron chi connectivity index (χ4n) is 1.92. The Kier molecular flexibility index (Phi) is 8.71. The number of unbranched alkanes of at least 4 members (excludes halogenated alkanes) is 1. The molecule has 1 aromatic carbocycles. The van der Waals surface area contributed by atoms with Crippen molar-refractivity contribution in [3.05, 3.63) is 35.6 Å². The first-order valence-electron chi connectivity index (χ1n) is 7.95. The summed E-state index contributed by atoms with van der Waals surface area (Å²) in [6.45, 7) is 3.92. The van der Waals surface area contributed by atoms with Crippen molar-refractivity contribution in [1.29, 1.82) is 0 Å². The first kappa shape index (κ1) is 20.4. The number of likely N-dealkylation sites (N-methyl/N-ethyl adjacent to an activating group) is 1. The van der Waals surface area contributed by atoms with Gasteiger partial charge in [0.2, 0.25) is 5.91 Å². The van der Waals surface area contributed by atoms with Crippen LogP contribution in [0.25, 0.3) is 0 Å². The van der Waals surface area contributed by atoms with Crippen LogP contribution in [0, 0.1) is 5.82 Å². The lowest BCUT2D eigenvalue weighted by Crippen LogP contribution is -2.49. The lowest BCUT2D eigenvalue weighted by atomic mass is 10.1. The maximum atomic E-state index is 13.0. The molecule has 2 atom stereocenters. The molecule has 24 heavy (non-hydrogen) atoms. The molecule has 0 spiro atoms. The van der Waals surface area contributed by atoms with Gasteiger partial charge < -0.3 is 10.1 Å². The van der Waals surface area contributed by atoms with Gasteiger partial charge in [0.15, 0.2) is 0 Å². The molecular weight excluding hydrogens is 335 g/mol. The largest absolute Gasteiger partial charge is 0.464 e. The molecule has 1 rings (SSSR count). The third-order valence-corrected chi connectivity index (χ3v) is 3.90. The quantitative estimate of drug-likeness (QED) is 0.419. The van der Waals surface area contributed by atoms with Gasteiger partial charge in [-0.05, 0) is 42.8 Å². The molecule has 1 aromatic rings. The minimum absolute atomic E-state index is 0.218. The van der Waals surface area contributed by atoms with Gasteiger partial charge in [-0.3, -0.25) is 4.79 Å². The van der Waals surface area contributed by atoms with Crippen LogP contribution >= 0.6 is 11.8 Å². The second kappa shape index (κ2) is 10.3. The van der Waals surface area contributed by atoms with Crippen molar-refractivity contribution in [2.45, 2.75) is 45.2 Å². The monoisotopic (exact) mass is 358 g/mol. The summed E-state index contributed by atoms with van der Waals surface area (Å²) >= 11 is 5.78. The van der Waals surface area contributed by atoms with E-state index < -0.39 is 18.1 Å². The SMILES string of the molecule is CCCCOC(=O)C(Cc1ccc(F)cc1)NC(=O)[C@@H](C)N(C)Cl. The molecule has 1 amide bonds. The Morgan fingerprint density at radius 3 is 2.50 bits per heavy atom. The van der Waals surface area contributed by atoms with E-state index >= 15 is 0 Å². The van der Waals surface area contributed by atoms with Gasteiger partial charge in [-0.2, -0.15) is 0 Å². The summed E-state index contributed by atoms with van der Waals surface area (Å²) in [5.41, 5.74) is 0.723. The highest BCUT2D eigenvalue weighted by Gasteiger charge is 2.26. The third-order valence-electron chi connectivity index (χ3n) is 3.61. The van der Waals surface area contributed by atoms with Crippen molar-refractivity contribution in [3.8, 4) is 0 Å². The lowest BCUT2D eigenvalue weighted by Gasteiger charge is -2.22. The van der Waals surface area contributed by atoms with E-state index in [1.807, 2.05) is 6.92 Å². The highest BCUT2D eigenvalue weighted by atomic mass is 35.5. The topological polar surface area (TPSA) is 58.6 Å². The number of esters is 1. The normalized spacial score (nSPS) is 13.4. The number of hydrogen-bond donors (Lipinski definition) is 1. The molecule has 1 unspecified atom stereocenters. The number of nitrogens with zero attached hydrogens (tertiary/aromatic N) is 1. The minimum atomic E-state index is -0.848. The number of hydrogen-bond acceptors (Lipinski definition) is 4. The molecule has 5 nitrogen and oxygen atoms in total. The van der Waals surface area contributed by atoms with Gasteiger partial charge in [0.05, 0.1) is 6.61 Å². The molecule has 0 radical (unpaired) electrons. The number of nitrogens with one attached hydrogen (secondary N) is 1. The predicted molar refractivity (Wildman–Crippen MR) is 91.0 cm³/mol. The van der Waals surface area contributed by atoms with E-state index in [1.165, 1.54) is 16.6 Å². The predicted octanol–water partition coefficient (Wildman–Crippen LogP) is 2.67. The molecule has 0 aromatic heterocycles. The molecule has 0 aliphatic carbocycles. The molecule has 0 aliphatic heterocycles. The molecule has 0 fully saturated rings. The van der Waals surface area contributed by atoms with E-state index in [0.29, 0.717) is 6.61 Å². The van der Waals surface area contributed by atoms with E-state index in [9.17, 15) is 14.0 Å². The van der Waals surface area contributed by atoms with E-state index in [4.69, 9.17) is 16.5 Å². The van der Waals surface area contributed by atoms with E-state index in [0.717, 1.165) is 18.4 Å². The molecule has 0 saturated heterocycles. The Morgan fingerprint density at radius 1 is 1.33 bits per heavy atom. The van der Waals surface area contributed by atoms with Crippen LogP contribution in [0.2, 0.25) is 0 Å². The highest BCUT2D eigenvalue weighted by Crippen LogP contribution is 2.09. The average Bonchev–Trinajstić information content (AvgIpc) is 2.55. The van der Waals surface area contributed by atoms with Crippen LogP contribution in [0.3, 0.4) is 0 Å². The number of carbonyl (C=O) groups excluding carboxylic acids is 2. The highest BCUT2D eigenvalue weighted by molar-refractivity contribution is 6.14. The van der Waals surface area contributed by atoms with Crippen LogP contribution < -0.4 is 5.32 Å². The van der Waals surface area contributed by atoms with Crippen LogP contribution in [0.5, 0.6) is 0 Å². The van der Waals surface area contributed by atoms with Gasteiger partial charge in [0, 0.05) is 13.5 Å². The van der Waals surface area contributed by atoms with Crippen molar-refractivity contribution in [2.75, 3.05) is 13.7 Å². The number of carbonyl (C=O) groups is 2. The van der Waals surface area contributed by atoms with Crippen molar-refractivity contribution in [2.24, 2.45) is 0 Å². The summed E-state index contributed by atoms with van der Waals surface area (Å²) in [4.78, 5) is 24.4. The van der Waals surface area contributed by atoms with Gasteiger partial charge in [-0.25, -0.2) is 13.6 Å². The number of ether oxygens (including phenoxy) is 1. The molecule has 134 valence electrons. The van der Waals surface area contributed by atoms with Gasteiger partial charge >= 0.3 is 5.97 Å². The van der Waals surface area contributed by atoms with Crippen molar-refractivity contribution >= 4 is 23.7 Å². The summed E-state index contributed by atoms with van der Waals surface area (Å²) in [6.07, 6.45) is 1.87. The second-order valence-electron chi connectivity index (χ2n) is 5.61. The maximum absolute atomic E-state index is 13.0. The van der Waals surface area contributed by atoms with Gasteiger partial charge in [0.1, 0.15) is 17.9 Å². The lowest BCUT2D eigenvalue weighted by molar-refractivity contribution is -0.148. The molecule has 0 aliphatic rings. The summed E-state index contributed by atoms with van der Waals surface area (Å²) in [6, 6.07) is 4.32. The molecule has 0 heterocycles. The fourth-order valence-corrected chi connectivity index (χ4v) is 2.01. The Morgan fingerprint density at radius 2 is 1.96 bits per heavy atom. The summed E-state index contributed by atoms with van der Waals surface area (Å²) in [5, 5.41) is 2.65. The van der Waals surface area contributed by atoms with Crippen LogP contribution in [-0.4, -0.2) is 42.0 Å². The van der Waals surface area contributed by atoms with E-state index in [1.54, 1.807) is 26.1 Å². The first-order valence-corrected chi connectivity index (χ1v) is 8.29. The summed E-state index contributed by atoms with van der Waals surface area (Å²) in [7, 11) is 1.56. The summed E-state index contributed by atoms with van der Waals surface area (Å²) in [5.74, 6) is -1.25. The Balaban J connectivity index is 2.79. The van der Waals surface area contributed by atoms with Crippen molar-refractivity contribution in [1.82, 2.24) is 9.74 Å². The molecule has 0 bridgehead atoms. The molecule has 0 saturated carbocycles. The zero-order valence-corrected chi connectivity index (χ0v) is 15.0. The Labute approximate surface area is 147 Å². The molecule has 1 N–H and O–H groups in total. The second-order valence-corrected chi connectivity index (χ2v) is 6.15. The van der Waals surface area contributed by atoms with Crippen molar-refractivity contribution in [3.63, 3.8) is 0 Å². The fraction of sp³-hybridized carbons (Fsp3) is 0.529. The maximum Gasteiger partial charge on any atom is 0.328 e. The van der Waals surface area contributed by atoms with Crippen LogP contribution in [0.1, 0.15) is 32.3 Å². The molecular formula is C17H24ClFN2O3. The Bertz CT molecular complexity index is 537. The molecule has 7 heteroatoms. The zero-order valence-electron chi connectivity index (χ0n) is 14.2. The first-order chi connectivity index (χ1) is 11.3. The van der Waals surface area contributed by atoms with Gasteiger partial charge in [0.25, 0.3) is 0 Å². The zero-order chi connectivity index (χ0) is 18.1. The van der Waals surface area contributed by atoms with Crippen LogP contribution in [0.4, 0.5) is 4.39 Å². The number of amides is 1. The minimum Gasteiger partial charge on any atom is -0.464 e. The van der Waals surface area contributed by atoms with E-state index in [2.05, 4.69) is 5.32 Å². The summed E-state index contributed by atoms with van der Waals surface area (Å²) < 4.78 is 19.4. The number of halogens is 2. The Hall–Kier alpha value is -1.66. The van der Waals surface area contributed by atoms with Crippen LogP contribution in [0.15, 0.2) is 24.3 Å². The van der Waals surface area contributed by atoms with Gasteiger partial charge in [-0.15, -0.1) is 0 Å². The average molecular weight is 359 g/mol. The van der Waals surface area contributed by atoms with Crippen LogP contribution in [-0.2, 0) is 20.7 Å². The number of benzene rings is 1.